The van der Waals surface area contributed by atoms with E-state index in [0.29, 0.717) is 19.6 Å². The molecule has 0 aliphatic carbocycles. The number of hydrogen-bond donors (Lipinski definition) is 2. The number of carboxylic acid groups (broad SMARTS) is 2. The van der Waals surface area contributed by atoms with Gasteiger partial charge in [0, 0.05) is 29.6 Å². The fourth-order valence-electron chi connectivity index (χ4n) is 4.95. The van der Waals surface area contributed by atoms with Crippen molar-refractivity contribution in [2.45, 2.75) is 65.0 Å². The summed E-state index contributed by atoms with van der Waals surface area (Å²) in [4.78, 5) is 22.8. The van der Waals surface area contributed by atoms with Crippen LogP contribution in [0.1, 0.15) is 67.0 Å². The molecule has 3 aromatic carbocycles. The highest BCUT2D eigenvalue weighted by atomic mass is 16.5. The number of nitrogens with zero attached hydrogens (tertiary/aromatic N) is 1. The van der Waals surface area contributed by atoms with E-state index in [1.54, 1.807) is 0 Å². The number of para-hydroxylation sites is 1. The van der Waals surface area contributed by atoms with Gasteiger partial charge in [0.25, 0.3) is 0 Å². The molecule has 0 atom stereocenters. The van der Waals surface area contributed by atoms with Crippen molar-refractivity contribution in [2.24, 2.45) is 0 Å². The van der Waals surface area contributed by atoms with Crippen molar-refractivity contribution in [3.05, 3.63) is 101 Å². The molecule has 0 amide bonds. The van der Waals surface area contributed by atoms with Crippen LogP contribution in [0.2, 0.25) is 0 Å². The minimum atomic E-state index is -0.907. The lowest BCUT2D eigenvalue weighted by molar-refractivity contribution is -0.137. The fraction of sp³-hybridized carbons (Fsp3) is 0.294. The summed E-state index contributed by atoms with van der Waals surface area (Å²) in [6.45, 7) is 3.20. The zero-order valence-corrected chi connectivity index (χ0v) is 23.0. The van der Waals surface area contributed by atoms with Crippen LogP contribution in [0.5, 0.6) is 5.75 Å². The molecule has 2 N–H and O–H groups in total. The van der Waals surface area contributed by atoms with Crippen LogP contribution in [0, 0.1) is 0 Å². The maximum atomic E-state index is 11.7. The van der Waals surface area contributed by atoms with E-state index in [9.17, 15) is 14.7 Å². The monoisotopic (exact) mass is 539 g/mol. The van der Waals surface area contributed by atoms with Gasteiger partial charge in [-0.2, -0.15) is 0 Å². The predicted octanol–water partition coefficient (Wildman–Crippen LogP) is 7.62. The van der Waals surface area contributed by atoms with E-state index in [4.69, 9.17) is 9.84 Å². The Labute approximate surface area is 235 Å². The van der Waals surface area contributed by atoms with Crippen LogP contribution in [0.4, 0.5) is 0 Å². The largest absolute Gasteiger partial charge is 0.489 e. The fourth-order valence-corrected chi connectivity index (χ4v) is 4.95. The third-order valence-corrected chi connectivity index (χ3v) is 7.03. The summed E-state index contributed by atoms with van der Waals surface area (Å²) in [7, 11) is 0. The average Bonchev–Trinajstić information content (AvgIpc) is 3.23. The number of ether oxygens (including phenoxy) is 1. The number of carbonyl (C=O) groups is 2. The smallest absolute Gasteiger partial charge is 0.307 e. The molecule has 4 aromatic rings. The van der Waals surface area contributed by atoms with Crippen molar-refractivity contribution in [3.8, 4) is 5.75 Å². The number of rotatable bonds is 15. The van der Waals surface area contributed by atoms with Crippen LogP contribution < -0.4 is 4.74 Å². The lowest BCUT2D eigenvalue weighted by Gasteiger charge is -2.09. The summed E-state index contributed by atoms with van der Waals surface area (Å²) in [6.07, 6.45) is 9.10. The molecule has 0 aliphatic heterocycles. The van der Waals surface area contributed by atoms with Gasteiger partial charge in [-0.15, -0.1) is 0 Å². The predicted molar refractivity (Wildman–Crippen MR) is 160 cm³/mol. The maximum absolute atomic E-state index is 11.7. The van der Waals surface area contributed by atoms with Crippen molar-refractivity contribution in [1.82, 2.24) is 4.57 Å². The minimum absolute atomic E-state index is 0.0501. The molecule has 1 aromatic heterocycles. The molecular formula is C34H37NO5. The Morgan fingerprint density at radius 2 is 1.55 bits per heavy atom. The van der Waals surface area contributed by atoms with E-state index >= 15 is 0 Å². The van der Waals surface area contributed by atoms with E-state index in [1.165, 1.54) is 24.8 Å². The third kappa shape index (κ3) is 7.85. The standard InChI is InChI=1S/C34H37NO5/c1-2-3-4-8-25-12-14-27(15-13-25)24-40-28-19-16-26(17-20-28)18-21-32-30(23-34(38)39)29-9-5-6-10-31(29)35(32)22-7-11-33(36)37/h5-6,9-10,12-21H,2-4,7-8,11,22-24H2,1H3,(H,36,37)(H,38,39)/b21-18+. The van der Waals surface area contributed by atoms with Crippen LogP contribution in [0.25, 0.3) is 23.1 Å². The van der Waals surface area contributed by atoms with Gasteiger partial charge in [-0.3, -0.25) is 9.59 Å². The molecule has 1 heterocycles. The van der Waals surface area contributed by atoms with Gasteiger partial charge in [-0.25, -0.2) is 0 Å². The molecule has 0 bridgehead atoms. The minimum Gasteiger partial charge on any atom is -0.489 e. The summed E-state index contributed by atoms with van der Waals surface area (Å²) in [5.74, 6) is -0.977. The first-order chi connectivity index (χ1) is 19.4. The highest BCUT2D eigenvalue weighted by Gasteiger charge is 2.17. The molecule has 0 unspecified atom stereocenters. The van der Waals surface area contributed by atoms with Gasteiger partial charge in [-0.05, 0) is 65.8 Å². The lowest BCUT2D eigenvalue weighted by Crippen LogP contribution is -2.06. The summed E-state index contributed by atoms with van der Waals surface area (Å²) in [6, 6.07) is 24.1. The summed E-state index contributed by atoms with van der Waals surface area (Å²) >= 11 is 0. The second-order valence-electron chi connectivity index (χ2n) is 10.1. The normalized spacial score (nSPS) is 11.3. The SMILES string of the molecule is CCCCCc1ccc(COc2ccc(/C=C/c3c(CC(=O)O)c4ccccc4n3CCCC(=O)O)cc2)cc1. The van der Waals surface area contributed by atoms with Crippen molar-refractivity contribution >= 4 is 35.0 Å². The molecule has 0 spiro atoms. The molecule has 0 saturated carbocycles. The first kappa shape index (κ1) is 28.7. The Hall–Kier alpha value is -4.32. The number of benzene rings is 3. The van der Waals surface area contributed by atoms with Crippen molar-refractivity contribution in [2.75, 3.05) is 0 Å². The molecule has 40 heavy (non-hydrogen) atoms. The van der Waals surface area contributed by atoms with Gasteiger partial charge in [0.05, 0.1) is 6.42 Å². The highest BCUT2D eigenvalue weighted by Crippen LogP contribution is 2.29. The Kier molecular flexibility index (Phi) is 10.2. The van der Waals surface area contributed by atoms with Gasteiger partial charge in [-0.1, -0.05) is 80.4 Å². The number of carboxylic acids is 2. The number of aryl methyl sites for hydroxylation is 2. The van der Waals surface area contributed by atoms with Gasteiger partial charge in [0.15, 0.2) is 0 Å². The molecule has 6 heteroatoms. The van der Waals surface area contributed by atoms with E-state index in [-0.39, 0.29) is 12.8 Å². The van der Waals surface area contributed by atoms with Crippen LogP contribution >= 0.6 is 0 Å². The second kappa shape index (κ2) is 14.2. The van der Waals surface area contributed by atoms with Crippen molar-refractivity contribution in [1.29, 1.82) is 0 Å². The number of unbranched alkanes of at least 4 members (excludes halogenated alkanes) is 2. The van der Waals surface area contributed by atoms with Crippen LogP contribution in [-0.2, 0) is 35.6 Å². The summed E-state index contributed by atoms with van der Waals surface area (Å²) in [5.41, 5.74) is 5.86. The maximum Gasteiger partial charge on any atom is 0.307 e. The second-order valence-corrected chi connectivity index (χ2v) is 10.1. The quantitative estimate of drug-likeness (QED) is 0.152. The first-order valence-electron chi connectivity index (χ1n) is 14.0. The summed E-state index contributed by atoms with van der Waals surface area (Å²) in [5, 5.41) is 19.6. The first-order valence-corrected chi connectivity index (χ1v) is 14.0. The van der Waals surface area contributed by atoms with E-state index in [2.05, 4.69) is 31.2 Å². The van der Waals surface area contributed by atoms with Gasteiger partial charge in [0.2, 0.25) is 0 Å². The number of hydrogen-bond acceptors (Lipinski definition) is 3. The Morgan fingerprint density at radius 1 is 0.825 bits per heavy atom. The van der Waals surface area contributed by atoms with E-state index < -0.39 is 11.9 Å². The molecular weight excluding hydrogens is 502 g/mol. The average molecular weight is 540 g/mol. The van der Waals surface area contributed by atoms with Gasteiger partial charge >= 0.3 is 11.9 Å². The molecule has 0 fully saturated rings. The molecule has 0 saturated heterocycles. The van der Waals surface area contributed by atoms with Crippen molar-refractivity contribution in [3.63, 3.8) is 0 Å². The van der Waals surface area contributed by atoms with Crippen molar-refractivity contribution < 1.29 is 24.5 Å². The van der Waals surface area contributed by atoms with Crippen LogP contribution in [-0.4, -0.2) is 26.7 Å². The molecule has 0 radical (unpaired) electrons. The molecule has 6 nitrogen and oxygen atoms in total. The molecule has 4 rings (SSSR count). The Morgan fingerprint density at radius 3 is 2.25 bits per heavy atom. The van der Waals surface area contributed by atoms with E-state index in [1.807, 2.05) is 65.3 Å². The lowest BCUT2D eigenvalue weighted by atomic mass is 10.1. The number of fused-ring (bicyclic) bond motifs is 1. The zero-order chi connectivity index (χ0) is 28.3. The highest BCUT2D eigenvalue weighted by molar-refractivity contribution is 5.92. The van der Waals surface area contributed by atoms with Crippen LogP contribution in [0.3, 0.4) is 0 Å². The third-order valence-electron chi connectivity index (χ3n) is 7.03. The number of aromatic nitrogens is 1. The van der Waals surface area contributed by atoms with E-state index in [0.717, 1.165) is 45.5 Å². The Bertz CT molecular complexity index is 1450. The van der Waals surface area contributed by atoms with Gasteiger partial charge < -0.3 is 19.5 Å². The number of aliphatic carboxylic acids is 2. The summed E-state index contributed by atoms with van der Waals surface area (Å²) < 4.78 is 8.02. The zero-order valence-electron chi connectivity index (χ0n) is 23.0. The van der Waals surface area contributed by atoms with Gasteiger partial charge in [0.1, 0.15) is 12.4 Å². The van der Waals surface area contributed by atoms with Crippen LogP contribution in [0.15, 0.2) is 72.8 Å². The molecule has 0 aliphatic rings. The molecule has 208 valence electrons. The topological polar surface area (TPSA) is 88.8 Å². The Balaban J connectivity index is 1.47.